The van der Waals surface area contributed by atoms with Crippen LogP contribution in [0.15, 0.2) is 97.1 Å². The summed E-state index contributed by atoms with van der Waals surface area (Å²) in [6, 6.07) is 32.3. The number of fused-ring (bicyclic) bond motifs is 6. The fourth-order valence-corrected chi connectivity index (χ4v) is 4.71. The molecule has 2 heteroatoms. The first kappa shape index (κ1) is 18.6. The van der Waals surface area contributed by atoms with Crippen molar-refractivity contribution < 1.29 is 0 Å². The molecule has 2 nitrogen and oxygen atoms in total. The average Bonchev–Trinajstić information content (AvgIpc) is 2.85. The van der Waals surface area contributed by atoms with Gasteiger partial charge in [-0.05, 0) is 56.9 Å². The minimum Gasteiger partial charge on any atom is -0.396 e. The van der Waals surface area contributed by atoms with E-state index in [0.717, 1.165) is 33.4 Å². The molecule has 0 atom stereocenters. The monoisotopic (exact) mass is 410 g/mol. The molecule has 0 bridgehead atoms. The molecule has 0 aliphatic carbocycles. The van der Waals surface area contributed by atoms with E-state index in [4.69, 9.17) is 10.7 Å². The summed E-state index contributed by atoms with van der Waals surface area (Å²) in [5, 5.41) is 8.65. The van der Waals surface area contributed by atoms with E-state index in [0.29, 0.717) is 0 Å². The van der Waals surface area contributed by atoms with Gasteiger partial charge in [-0.1, -0.05) is 91.0 Å². The Labute approximate surface area is 186 Å². The summed E-state index contributed by atoms with van der Waals surface area (Å²) in [5.41, 5.74) is 11.0. The van der Waals surface area contributed by atoms with Crippen LogP contribution in [0.25, 0.3) is 60.6 Å². The molecule has 0 unspecified atom stereocenters. The summed E-state index contributed by atoms with van der Waals surface area (Å²) in [6.45, 7) is 2.00. The van der Waals surface area contributed by atoms with Gasteiger partial charge < -0.3 is 5.73 Å². The van der Waals surface area contributed by atoms with E-state index in [1.807, 2.05) is 25.1 Å². The fraction of sp³-hybridized carbons (Fsp3) is 0.0333. The van der Waals surface area contributed by atoms with Gasteiger partial charge in [-0.15, -0.1) is 0 Å². The topological polar surface area (TPSA) is 38.9 Å². The number of nitrogen functional groups attached to an aromatic ring is 1. The molecule has 32 heavy (non-hydrogen) atoms. The molecule has 0 saturated heterocycles. The zero-order chi connectivity index (χ0) is 21.7. The first-order chi connectivity index (χ1) is 15.7. The van der Waals surface area contributed by atoms with Crippen molar-refractivity contribution in [2.75, 3.05) is 5.73 Å². The van der Waals surface area contributed by atoms with Crippen molar-refractivity contribution in [3.63, 3.8) is 0 Å². The first-order valence-corrected chi connectivity index (χ1v) is 10.9. The van der Waals surface area contributed by atoms with Crippen LogP contribution in [0, 0.1) is 0 Å². The second-order valence-corrected chi connectivity index (χ2v) is 8.22. The number of nitrogens with two attached hydrogens (primary N) is 1. The van der Waals surface area contributed by atoms with Gasteiger partial charge in [0.25, 0.3) is 0 Å². The van der Waals surface area contributed by atoms with Crippen molar-refractivity contribution in [3.05, 3.63) is 103 Å². The van der Waals surface area contributed by atoms with E-state index in [9.17, 15) is 0 Å². The molecule has 2 N–H and O–H groups in total. The van der Waals surface area contributed by atoms with Gasteiger partial charge in [-0.3, -0.25) is 0 Å². The van der Waals surface area contributed by atoms with E-state index < -0.39 is 0 Å². The third kappa shape index (κ3) is 2.84. The van der Waals surface area contributed by atoms with Gasteiger partial charge in [0.05, 0.1) is 16.9 Å². The molecule has 5 aromatic carbocycles. The van der Waals surface area contributed by atoms with Crippen molar-refractivity contribution >= 4 is 55.0 Å². The predicted molar refractivity (Wildman–Crippen MR) is 139 cm³/mol. The summed E-state index contributed by atoms with van der Waals surface area (Å²) in [6.07, 6.45) is 4.02. The van der Waals surface area contributed by atoms with Gasteiger partial charge in [0.15, 0.2) is 0 Å². The highest BCUT2D eigenvalue weighted by atomic mass is 14.7. The number of hydrogen-bond acceptors (Lipinski definition) is 2. The molecule has 0 amide bonds. The van der Waals surface area contributed by atoms with Gasteiger partial charge in [0.2, 0.25) is 0 Å². The molecule has 152 valence electrons. The maximum atomic E-state index is 6.44. The van der Waals surface area contributed by atoms with Gasteiger partial charge in [0, 0.05) is 10.9 Å². The van der Waals surface area contributed by atoms with Gasteiger partial charge in [-0.25, -0.2) is 4.98 Å². The number of rotatable bonds is 2. The lowest BCUT2D eigenvalue weighted by Gasteiger charge is -2.11. The summed E-state index contributed by atoms with van der Waals surface area (Å²) in [7, 11) is 0. The molecule has 1 heterocycles. The van der Waals surface area contributed by atoms with Crippen LogP contribution in [0.4, 0.5) is 5.69 Å². The van der Waals surface area contributed by atoms with E-state index in [1.165, 1.54) is 32.3 Å². The number of benzene rings is 5. The standard InChI is InChI=1S/C30H22N2/c1-2-5-21-11-12-22-15-17-27(32-30(22)29(21)31)24-14-16-26-23(18-24)13-10-20-9-8-19-6-3-4-7-25(19)28(20)26/h2-18H,31H2,1H3. The molecular formula is C30H22N2. The predicted octanol–water partition coefficient (Wildman–Crippen LogP) is 7.98. The lowest BCUT2D eigenvalue weighted by atomic mass is 9.95. The Morgan fingerprint density at radius 1 is 0.688 bits per heavy atom. The Morgan fingerprint density at radius 2 is 1.41 bits per heavy atom. The summed E-state index contributed by atoms with van der Waals surface area (Å²) < 4.78 is 0. The average molecular weight is 411 g/mol. The van der Waals surface area contributed by atoms with Crippen LogP contribution >= 0.6 is 0 Å². The SMILES string of the molecule is CC=Cc1ccc2ccc(-c3ccc4c(ccc5ccc6ccccc6c54)c3)nc2c1N. The van der Waals surface area contributed by atoms with Crippen LogP contribution in [0.1, 0.15) is 12.5 Å². The highest BCUT2D eigenvalue weighted by Gasteiger charge is 2.10. The lowest BCUT2D eigenvalue weighted by molar-refractivity contribution is 1.40. The van der Waals surface area contributed by atoms with Crippen LogP contribution in [0.2, 0.25) is 0 Å². The number of nitrogens with zero attached hydrogens (tertiary/aromatic N) is 1. The highest BCUT2D eigenvalue weighted by molar-refractivity contribution is 6.20. The second kappa shape index (κ2) is 7.21. The van der Waals surface area contributed by atoms with Crippen LogP contribution in [0.3, 0.4) is 0 Å². The van der Waals surface area contributed by atoms with Crippen molar-refractivity contribution in [3.8, 4) is 11.3 Å². The molecular weight excluding hydrogens is 388 g/mol. The third-order valence-electron chi connectivity index (χ3n) is 6.30. The molecule has 0 aliphatic rings. The Bertz CT molecular complexity index is 1690. The van der Waals surface area contributed by atoms with Crippen LogP contribution in [-0.4, -0.2) is 4.98 Å². The summed E-state index contributed by atoms with van der Waals surface area (Å²) in [4.78, 5) is 4.95. The number of hydrogen-bond donors (Lipinski definition) is 1. The van der Waals surface area contributed by atoms with Gasteiger partial charge >= 0.3 is 0 Å². The summed E-state index contributed by atoms with van der Waals surface area (Å²) >= 11 is 0. The van der Waals surface area contributed by atoms with E-state index >= 15 is 0 Å². The highest BCUT2D eigenvalue weighted by Crippen LogP contribution is 2.34. The molecule has 0 saturated carbocycles. The van der Waals surface area contributed by atoms with Crippen LogP contribution in [0.5, 0.6) is 0 Å². The number of anilines is 1. The molecule has 0 radical (unpaired) electrons. The molecule has 0 fully saturated rings. The maximum absolute atomic E-state index is 6.44. The largest absolute Gasteiger partial charge is 0.396 e. The Hall–Kier alpha value is -4.17. The Morgan fingerprint density at radius 3 is 2.28 bits per heavy atom. The Balaban J connectivity index is 1.57. The van der Waals surface area contributed by atoms with Crippen molar-refractivity contribution in [2.45, 2.75) is 6.92 Å². The summed E-state index contributed by atoms with van der Waals surface area (Å²) in [5.74, 6) is 0. The van der Waals surface area contributed by atoms with Crippen LogP contribution in [-0.2, 0) is 0 Å². The number of aromatic nitrogens is 1. The minimum absolute atomic E-state index is 0.723. The molecule has 6 aromatic rings. The first-order valence-electron chi connectivity index (χ1n) is 10.9. The minimum atomic E-state index is 0.723. The lowest BCUT2D eigenvalue weighted by Crippen LogP contribution is -1.95. The quantitative estimate of drug-likeness (QED) is 0.232. The Kier molecular flexibility index (Phi) is 4.19. The fourth-order valence-electron chi connectivity index (χ4n) is 4.71. The zero-order valence-corrected chi connectivity index (χ0v) is 17.8. The van der Waals surface area contributed by atoms with Crippen molar-refractivity contribution in [1.82, 2.24) is 4.98 Å². The van der Waals surface area contributed by atoms with Crippen LogP contribution < -0.4 is 5.73 Å². The van der Waals surface area contributed by atoms with Crippen molar-refractivity contribution in [1.29, 1.82) is 0 Å². The van der Waals surface area contributed by atoms with Gasteiger partial charge in [0.1, 0.15) is 0 Å². The molecule has 0 spiro atoms. The van der Waals surface area contributed by atoms with E-state index in [-0.39, 0.29) is 0 Å². The molecule has 6 rings (SSSR count). The van der Waals surface area contributed by atoms with E-state index in [2.05, 4.69) is 84.9 Å². The maximum Gasteiger partial charge on any atom is 0.0944 e. The smallest absolute Gasteiger partial charge is 0.0944 e. The number of pyridine rings is 1. The molecule has 0 aliphatic heterocycles. The van der Waals surface area contributed by atoms with Crippen molar-refractivity contribution in [2.24, 2.45) is 0 Å². The van der Waals surface area contributed by atoms with Gasteiger partial charge in [-0.2, -0.15) is 0 Å². The normalized spacial score (nSPS) is 11.9. The number of allylic oxidation sites excluding steroid dienone is 1. The molecule has 1 aromatic heterocycles. The second-order valence-electron chi connectivity index (χ2n) is 8.22. The van der Waals surface area contributed by atoms with E-state index in [1.54, 1.807) is 0 Å². The zero-order valence-electron chi connectivity index (χ0n) is 17.8. The third-order valence-corrected chi connectivity index (χ3v) is 6.30.